The highest BCUT2D eigenvalue weighted by atomic mass is 32.2. The summed E-state index contributed by atoms with van der Waals surface area (Å²) in [5, 5.41) is 1.66. The zero-order chi connectivity index (χ0) is 16.2. The number of hydrogen-bond acceptors (Lipinski definition) is 5. The van der Waals surface area contributed by atoms with Gasteiger partial charge in [-0.05, 0) is 32.1 Å². The van der Waals surface area contributed by atoms with Crippen LogP contribution in [0.1, 0.15) is 44.2 Å². The highest BCUT2D eigenvalue weighted by molar-refractivity contribution is 7.98. The highest BCUT2D eigenvalue weighted by Gasteiger charge is 2.22. The molecule has 124 valence electrons. The molecule has 0 aromatic carbocycles. The fourth-order valence-corrected chi connectivity index (χ4v) is 3.60. The van der Waals surface area contributed by atoms with Gasteiger partial charge in [-0.2, -0.15) is 0 Å². The number of ether oxygens (including phenoxy) is 1. The van der Waals surface area contributed by atoms with Gasteiger partial charge in [0.25, 0.3) is 5.56 Å². The third-order valence-electron chi connectivity index (χ3n) is 4.42. The van der Waals surface area contributed by atoms with Crippen molar-refractivity contribution in [1.29, 1.82) is 0 Å². The Kier molecular flexibility index (Phi) is 5.33. The van der Waals surface area contributed by atoms with E-state index in [-0.39, 0.29) is 11.6 Å². The summed E-state index contributed by atoms with van der Waals surface area (Å²) in [6.45, 7) is 3.21. The zero-order valence-corrected chi connectivity index (χ0v) is 14.6. The molecule has 0 saturated heterocycles. The number of hydrogen-bond donors (Lipinski definition) is 0. The molecule has 1 fully saturated rings. The Labute approximate surface area is 140 Å². The Balaban J connectivity index is 2.12. The van der Waals surface area contributed by atoms with Crippen molar-refractivity contribution in [3.63, 3.8) is 0 Å². The van der Waals surface area contributed by atoms with Crippen LogP contribution in [0.2, 0.25) is 0 Å². The standard InChI is InChI=1S/C17H23N3O2S/c1-3-22-9-8-12-10-13-11-18-17(23-2)19-15(13)20(16(12)21)14-6-4-5-7-14/h10-11,14H,3-9H2,1-2H3. The van der Waals surface area contributed by atoms with Crippen LogP contribution in [0.25, 0.3) is 11.0 Å². The lowest BCUT2D eigenvalue weighted by Crippen LogP contribution is -2.28. The van der Waals surface area contributed by atoms with Crippen LogP contribution in [-0.2, 0) is 11.2 Å². The summed E-state index contributed by atoms with van der Waals surface area (Å²) in [5.41, 5.74) is 1.68. The van der Waals surface area contributed by atoms with Crippen LogP contribution in [0.3, 0.4) is 0 Å². The summed E-state index contributed by atoms with van der Waals surface area (Å²) in [6, 6.07) is 2.20. The molecule has 2 aromatic heterocycles. The van der Waals surface area contributed by atoms with Gasteiger partial charge in [0.05, 0.1) is 6.61 Å². The average molecular weight is 333 g/mol. The Morgan fingerprint density at radius 2 is 2.17 bits per heavy atom. The van der Waals surface area contributed by atoms with Crippen molar-refractivity contribution in [3.05, 3.63) is 28.2 Å². The topological polar surface area (TPSA) is 57.0 Å². The minimum absolute atomic E-state index is 0.0925. The first-order chi connectivity index (χ1) is 11.2. The van der Waals surface area contributed by atoms with Crippen molar-refractivity contribution in [2.75, 3.05) is 19.5 Å². The maximum Gasteiger partial charge on any atom is 0.255 e. The van der Waals surface area contributed by atoms with Gasteiger partial charge in [0.2, 0.25) is 0 Å². The van der Waals surface area contributed by atoms with Crippen LogP contribution in [0, 0.1) is 0 Å². The molecular formula is C17H23N3O2S. The molecule has 0 spiro atoms. The molecule has 0 bridgehead atoms. The Bertz CT molecular complexity index is 738. The lowest BCUT2D eigenvalue weighted by Gasteiger charge is -2.18. The first-order valence-corrected chi connectivity index (χ1v) is 9.50. The fraction of sp³-hybridized carbons (Fsp3) is 0.588. The summed E-state index contributed by atoms with van der Waals surface area (Å²) in [6.07, 6.45) is 8.91. The van der Waals surface area contributed by atoms with Crippen LogP contribution in [0.5, 0.6) is 0 Å². The Morgan fingerprint density at radius 1 is 1.39 bits per heavy atom. The number of aromatic nitrogens is 3. The molecule has 0 radical (unpaired) electrons. The molecular weight excluding hydrogens is 310 g/mol. The van der Waals surface area contributed by atoms with Gasteiger partial charge < -0.3 is 4.74 Å². The van der Waals surface area contributed by atoms with Gasteiger partial charge >= 0.3 is 0 Å². The third kappa shape index (κ3) is 3.43. The predicted molar refractivity (Wildman–Crippen MR) is 93.3 cm³/mol. The normalized spacial score (nSPS) is 15.6. The molecule has 2 heterocycles. The first-order valence-electron chi connectivity index (χ1n) is 8.27. The fourth-order valence-electron chi connectivity index (χ4n) is 3.27. The molecule has 0 unspecified atom stereocenters. The second kappa shape index (κ2) is 7.45. The molecule has 2 aromatic rings. The Hall–Kier alpha value is -1.40. The molecule has 0 aliphatic heterocycles. The molecule has 1 aliphatic rings. The van der Waals surface area contributed by atoms with Crippen LogP contribution in [0.15, 0.2) is 22.2 Å². The zero-order valence-electron chi connectivity index (χ0n) is 13.7. The van der Waals surface area contributed by atoms with Crippen LogP contribution < -0.4 is 5.56 Å². The van der Waals surface area contributed by atoms with Crippen molar-refractivity contribution in [1.82, 2.24) is 14.5 Å². The average Bonchev–Trinajstić information content (AvgIpc) is 3.09. The van der Waals surface area contributed by atoms with E-state index in [0.717, 1.165) is 29.4 Å². The van der Waals surface area contributed by atoms with Crippen LogP contribution >= 0.6 is 11.8 Å². The third-order valence-corrected chi connectivity index (χ3v) is 4.98. The predicted octanol–water partition coefficient (Wildman–Crippen LogP) is 3.21. The van der Waals surface area contributed by atoms with E-state index in [1.165, 1.54) is 24.6 Å². The molecule has 0 N–H and O–H groups in total. The van der Waals surface area contributed by atoms with E-state index in [4.69, 9.17) is 4.74 Å². The summed E-state index contributed by atoms with van der Waals surface area (Å²) in [5.74, 6) is 0. The molecule has 5 nitrogen and oxygen atoms in total. The quantitative estimate of drug-likeness (QED) is 0.461. The molecule has 23 heavy (non-hydrogen) atoms. The minimum atomic E-state index is 0.0925. The molecule has 6 heteroatoms. The van der Waals surface area contributed by atoms with E-state index >= 15 is 0 Å². The number of thioether (sulfide) groups is 1. The molecule has 3 rings (SSSR count). The smallest absolute Gasteiger partial charge is 0.255 e. The highest BCUT2D eigenvalue weighted by Crippen LogP contribution is 2.30. The summed E-state index contributed by atoms with van der Waals surface area (Å²) in [4.78, 5) is 22.0. The molecule has 1 aliphatic carbocycles. The van der Waals surface area contributed by atoms with Gasteiger partial charge in [0.1, 0.15) is 5.65 Å². The van der Waals surface area contributed by atoms with Gasteiger partial charge in [-0.25, -0.2) is 9.97 Å². The summed E-state index contributed by atoms with van der Waals surface area (Å²) in [7, 11) is 0. The van der Waals surface area contributed by atoms with E-state index in [0.29, 0.717) is 24.8 Å². The second-order valence-corrected chi connectivity index (χ2v) is 6.64. The second-order valence-electron chi connectivity index (χ2n) is 5.87. The minimum Gasteiger partial charge on any atom is -0.381 e. The van der Waals surface area contributed by atoms with E-state index in [9.17, 15) is 4.79 Å². The van der Waals surface area contributed by atoms with E-state index in [1.54, 1.807) is 0 Å². The monoisotopic (exact) mass is 333 g/mol. The van der Waals surface area contributed by atoms with Crippen molar-refractivity contribution in [2.24, 2.45) is 0 Å². The lowest BCUT2D eigenvalue weighted by atomic mass is 10.1. The van der Waals surface area contributed by atoms with Gasteiger partial charge in [-0.1, -0.05) is 24.6 Å². The Morgan fingerprint density at radius 3 is 2.87 bits per heavy atom. The molecule has 1 saturated carbocycles. The molecule has 0 amide bonds. The lowest BCUT2D eigenvalue weighted by molar-refractivity contribution is 0.150. The van der Waals surface area contributed by atoms with Gasteiger partial charge in [0.15, 0.2) is 5.16 Å². The number of rotatable bonds is 6. The number of pyridine rings is 1. The maximum atomic E-state index is 13.0. The van der Waals surface area contributed by atoms with Gasteiger partial charge in [-0.15, -0.1) is 0 Å². The van der Waals surface area contributed by atoms with Crippen LogP contribution in [-0.4, -0.2) is 34.0 Å². The summed E-state index contributed by atoms with van der Waals surface area (Å²) >= 11 is 1.50. The summed E-state index contributed by atoms with van der Waals surface area (Å²) < 4.78 is 7.35. The first kappa shape index (κ1) is 16.5. The maximum absolute atomic E-state index is 13.0. The SMILES string of the molecule is CCOCCc1cc2cnc(SC)nc2n(C2CCCC2)c1=O. The van der Waals surface area contributed by atoms with Crippen molar-refractivity contribution < 1.29 is 4.74 Å². The van der Waals surface area contributed by atoms with E-state index in [1.807, 2.05) is 30.0 Å². The van der Waals surface area contributed by atoms with E-state index in [2.05, 4.69) is 9.97 Å². The largest absolute Gasteiger partial charge is 0.381 e. The van der Waals surface area contributed by atoms with Crippen molar-refractivity contribution >= 4 is 22.8 Å². The van der Waals surface area contributed by atoms with E-state index < -0.39 is 0 Å². The van der Waals surface area contributed by atoms with Crippen LogP contribution in [0.4, 0.5) is 0 Å². The van der Waals surface area contributed by atoms with Gasteiger partial charge in [0, 0.05) is 36.2 Å². The molecule has 0 atom stereocenters. The van der Waals surface area contributed by atoms with Gasteiger partial charge in [-0.3, -0.25) is 9.36 Å². The van der Waals surface area contributed by atoms with Crippen molar-refractivity contribution in [2.45, 2.75) is 50.2 Å². The number of nitrogens with zero attached hydrogens (tertiary/aromatic N) is 3. The van der Waals surface area contributed by atoms with Crippen molar-refractivity contribution in [3.8, 4) is 0 Å². The number of fused-ring (bicyclic) bond motifs is 1.